The van der Waals surface area contributed by atoms with Crippen LogP contribution in [0.4, 0.5) is 27.8 Å². The molecule has 3 heterocycles. The number of carbonyl (C=O) groups is 1. The number of ether oxygens (including phenoxy) is 2. The maximum Gasteiger partial charge on any atom is 0.401 e. The third-order valence-electron chi connectivity index (χ3n) is 8.06. The molecule has 2 aromatic carbocycles. The molecule has 1 aliphatic rings. The topological polar surface area (TPSA) is 110 Å². The van der Waals surface area contributed by atoms with Crippen LogP contribution in [0.15, 0.2) is 53.2 Å². The number of nitrogens with zero attached hydrogens (tertiary/aromatic N) is 3. The monoisotopic (exact) mass is 648 g/mol. The van der Waals surface area contributed by atoms with Crippen molar-refractivity contribution in [1.29, 1.82) is 0 Å². The number of hydrogen-bond donors (Lipinski definition) is 2. The summed E-state index contributed by atoms with van der Waals surface area (Å²) in [4.78, 5) is 18.9. The number of halogens is 5. The number of aliphatic hydroxyl groups excluding tert-OH is 1. The van der Waals surface area contributed by atoms with Crippen LogP contribution in [-0.2, 0) is 16.6 Å². The van der Waals surface area contributed by atoms with Crippen molar-refractivity contribution in [1.82, 2.24) is 15.0 Å². The largest absolute Gasteiger partial charge is 0.493 e. The molecule has 9 nitrogen and oxygen atoms in total. The molecule has 0 aliphatic carbocycles. The van der Waals surface area contributed by atoms with Gasteiger partial charge in [0, 0.05) is 48.9 Å². The van der Waals surface area contributed by atoms with E-state index >= 15 is 4.39 Å². The second kappa shape index (κ2) is 13.2. The Labute approximate surface area is 261 Å². The molecule has 14 heteroatoms. The van der Waals surface area contributed by atoms with Crippen molar-refractivity contribution in [2.75, 3.05) is 38.7 Å². The summed E-state index contributed by atoms with van der Waals surface area (Å²) < 4.78 is 85.0. The number of nitrogens with one attached hydrogen (secondary N) is 1. The lowest BCUT2D eigenvalue weighted by Gasteiger charge is -2.31. The first kappa shape index (κ1) is 33.1. The third kappa shape index (κ3) is 7.23. The highest BCUT2D eigenvalue weighted by Gasteiger charge is 2.51. The van der Waals surface area contributed by atoms with E-state index in [1.165, 1.54) is 19.2 Å². The molecule has 0 bridgehead atoms. The van der Waals surface area contributed by atoms with Gasteiger partial charge in [0.2, 0.25) is 5.91 Å². The van der Waals surface area contributed by atoms with Crippen LogP contribution >= 0.6 is 0 Å². The molecule has 246 valence electrons. The van der Waals surface area contributed by atoms with Crippen LogP contribution in [0.3, 0.4) is 0 Å². The number of aromatic nitrogens is 2. The van der Waals surface area contributed by atoms with Gasteiger partial charge in [0.05, 0.1) is 25.2 Å². The summed E-state index contributed by atoms with van der Waals surface area (Å²) in [5.74, 6) is -1.11. The molecule has 0 saturated carbocycles. The highest BCUT2D eigenvalue weighted by Crippen LogP contribution is 2.41. The number of anilines is 1. The Balaban J connectivity index is 1.25. The van der Waals surface area contributed by atoms with E-state index in [0.717, 1.165) is 19.9 Å². The summed E-state index contributed by atoms with van der Waals surface area (Å²) in [6.45, 7) is 3.30. The number of aliphatic hydroxyl groups is 1. The van der Waals surface area contributed by atoms with E-state index in [1.807, 2.05) is 4.90 Å². The summed E-state index contributed by atoms with van der Waals surface area (Å²) in [5, 5.41) is 16.1. The Kier molecular flexibility index (Phi) is 9.49. The minimum atomic E-state index is -4.59. The van der Waals surface area contributed by atoms with Crippen LogP contribution in [0.5, 0.6) is 11.5 Å². The fourth-order valence-corrected chi connectivity index (χ4v) is 5.01. The van der Waals surface area contributed by atoms with Gasteiger partial charge in [0.1, 0.15) is 24.0 Å². The van der Waals surface area contributed by atoms with Crippen molar-refractivity contribution in [3.05, 3.63) is 65.8 Å². The Hall–Kier alpha value is -4.30. The van der Waals surface area contributed by atoms with E-state index < -0.39 is 47.8 Å². The van der Waals surface area contributed by atoms with E-state index in [0.29, 0.717) is 53.0 Å². The first-order chi connectivity index (χ1) is 21.7. The molecule has 2 unspecified atom stereocenters. The lowest BCUT2D eigenvalue weighted by molar-refractivity contribution is -0.185. The highest BCUT2D eigenvalue weighted by atomic mass is 19.4. The first-order valence-electron chi connectivity index (χ1n) is 14.5. The number of fused-ring (bicyclic) bond motifs is 1. The molecule has 1 fully saturated rings. The number of likely N-dealkylation sites (tertiary alicyclic amines) is 1. The highest BCUT2D eigenvalue weighted by molar-refractivity contribution is 5.91. The molecule has 1 amide bonds. The second-order valence-electron chi connectivity index (χ2n) is 11.7. The average molecular weight is 649 g/mol. The van der Waals surface area contributed by atoms with Gasteiger partial charge in [-0.15, -0.1) is 0 Å². The Morgan fingerprint density at radius 2 is 1.91 bits per heavy atom. The van der Waals surface area contributed by atoms with Gasteiger partial charge in [-0.2, -0.15) is 13.2 Å². The van der Waals surface area contributed by atoms with E-state index in [-0.39, 0.29) is 24.5 Å². The average Bonchev–Trinajstić information content (AvgIpc) is 3.48. The molecule has 2 atom stereocenters. The molecule has 46 heavy (non-hydrogen) atoms. The normalized spacial score (nSPS) is 17.7. The zero-order valence-electron chi connectivity index (χ0n) is 25.3. The van der Waals surface area contributed by atoms with Gasteiger partial charge >= 0.3 is 6.18 Å². The van der Waals surface area contributed by atoms with Crippen LogP contribution in [0.2, 0.25) is 0 Å². The minimum absolute atomic E-state index is 0.0667. The van der Waals surface area contributed by atoms with Crippen molar-refractivity contribution in [2.45, 2.75) is 50.6 Å². The molecule has 1 saturated heterocycles. The predicted octanol–water partition coefficient (Wildman–Crippen LogP) is 5.84. The van der Waals surface area contributed by atoms with Crippen molar-refractivity contribution < 1.29 is 45.8 Å². The van der Waals surface area contributed by atoms with Gasteiger partial charge in [-0.1, -0.05) is 17.3 Å². The summed E-state index contributed by atoms with van der Waals surface area (Å²) in [7, 11) is 1.50. The summed E-state index contributed by atoms with van der Waals surface area (Å²) in [6.07, 6.45) is -5.28. The summed E-state index contributed by atoms with van der Waals surface area (Å²) in [6, 6.07) is 10.6. The Bertz CT molecular complexity index is 1710. The quantitative estimate of drug-likeness (QED) is 0.207. The number of pyridine rings is 1. The van der Waals surface area contributed by atoms with Gasteiger partial charge in [-0.3, -0.25) is 14.7 Å². The number of hydrogen-bond acceptors (Lipinski definition) is 8. The number of rotatable bonds is 10. The molecule has 4 aromatic rings. The van der Waals surface area contributed by atoms with Crippen LogP contribution in [0.1, 0.15) is 31.6 Å². The third-order valence-corrected chi connectivity index (χ3v) is 8.06. The van der Waals surface area contributed by atoms with E-state index in [2.05, 4.69) is 15.5 Å². The van der Waals surface area contributed by atoms with Gasteiger partial charge < -0.3 is 24.4 Å². The fraction of sp³-hybridized carbons (Fsp3) is 0.406. The fourth-order valence-electron chi connectivity index (χ4n) is 5.01. The molecular weight excluding hydrogens is 615 g/mol. The molecule has 2 aromatic heterocycles. The lowest BCUT2D eigenvalue weighted by Crippen LogP contribution is -2.45. The van der Waals surface area contributed by atoms with Gasteiger partial charge in [-0.25, -0.2) is 8.78 Å². The maximum atomic E-state index is 15.1. The molecule has 0 radical (unpaired) electrons. The Morgan fingerprint density at radius 1 is 1.13 bits per heavy atom. The minimum Gasteiger partial charge on any atom is -0.493 e. The van der Waals surface area contributed by atoms with E-state index in [9.17, 15) is 27.5 Å². The molecule has 1 aliphatic heterocycles. The SMILES string of the molecule is COc1cc2ncc(-c3ccc(CC(=O)Nc4cc(C(C)(C)C(F)(F)F)on4)c(F)c3)cc2cc1OCCN1CCC(O)C(F)C1. The zero-order valence-corrected chi connectivity index (χ0v) is 25.3. The van der Waals surface area contributed by atoms with Crippen LogP contribution in [-0.4, -0.2) is 77.9 Å². The van der Waals surface area contributed by atoms with Crippen LogP contribution < -0.4 is 14.8 Å². The lowest BCUT2D eigenvalue weighted by atomic mass is 9.89. The first-order valence-corrected chi connectivity index (χ1v) is 14.5. The van der Waals surface area contributed by atoms with Crippen molar-refractivity contribution in [2.24, 2.45) is 0 Å². The number of alkyl halides is 4. The summed E-state index contributed by atoms with van der Waals surface area (Å²) >= 11 is 0. The number of carbonyl (C=O) groups excluding carboxylic acids is 1. The van der Waals surface area contributed by atoms with Crippen molar-refractivity contribution >= 4 is 22.6 Å². The number of amides is 1. The van der Waals surface area contributed by atoms with Gasteiger partial charge in [-0.05, 0) is 49.6 Å². The molecule has 5 rings (SSSR count). The zero-order chi connectivity index (χ0) is 33.2. The van der Waals surface area contributed by atoms with Crippen LogP contribution in [0, 0.1) is 5.82 Å². The smallest absolute Gasteiger partial charge is 0.401 e. The maximum absolute atomic E-state index is 15.1. The number of methoxy groups -OCH3 is 1. The van der Waals surface area contributed by atoms with Crippen LogP contribution in [0.25, 0.3) is 22.0 Å². The van der Waals surface area contributed by atoms with Crippen molar-refractivity contribution in [3.8, 4) is 22.6 Å². The Morgan fingerprint density at radius 3 is 2.61 bits per heavy atom. The van der Waals surface area contributed by atoms with Gasteiger partial charge in [0.25, 0.3) is 0 Å². The summed E-state index contributed by atoms with van der Waals surface area (Å²) in [5.41, 5.74) is -0.540. The number of piperidine rings is 1. The van der Waals surface area contributed by atoms with E-state index in [1.54, 1.807) is 30.5 Å². The molecule has 2 N–H and O–H groups in total. The number of benzene rings is 2. The molecular formula is C32H33F5N4O5. The molecule has 0 spiro atoms. The predicted molar refractivity (Wildman–Crippen MR) is 159 cm³/mol. The van der Waals surface area contributed by atoms with Gasteiger partial charge in [0.15, 0.2) is 23.1 Å². The standard InChI is InChI=1S/C32H33F5N4O5/c1-31(2,32(35,36)37)28-15-29(40-46-28)39-30(43)13-19-5-4-18(11-22(19)33)21-10-20-12-27(26(44-3)14-24(20)38-16-21)45-9-8-41-7-6-25(42)23(34)17-41/h4-5,10-12,14-16,23,25,42H,6-9,13,17H2,1-3H3,(H,39,40,43). The second-order valence-corrected chi connectivity index (χ2v) is 11.7. The van der Waals surface area contributed by atoms with Crippen molar-refractivity contribution in [3.63, 3.8) is 0 Å². The van der Waals surface area contributed by atoms with E-state index in [4.69, 9.17) is 14.0 Å².